The van der Waals surface area contributed by atoms with Gasteiger partial charge in [-0.15, -0.1) is 0 Å². The van der Waals surface area contributed by atoms with Gasteiger partial charge in [-0.1, -0.05) is 18.2 Å². The summed E-state index contributed by atoms with van der Waals surface area (Å²) < 4.78 is 5.53. The van der Waals surface area contributed by atoms with Crippen molar-refractivity contribution in [3.63, 3.8) is 0 Å². The van der Waals surface area contributed by atoms with Crippen LogP contribution in [0.4, 0.5) is 16.2 Å². The number of hydrogen-bond acceptors (Lipinski definition) is 6. The first-order valence-corrected chi connectivity index (χ1v) is 12.5. The number of anilines is 2. The number of hydrogen-bond donors (Lipinski definition) is 1. The molecule has 1 N–H and O–H groups in total. The topological polar surface area (TPSA) is 81.5 Å². The van der Waals surface area contributed by atoms with Gasteiger partial charge in [0.25, 0.3) is 0 Å². The highest BCUT2D eigenvalue weighted by atomic mass is 16.6. The summed E-state index contributed by atoms with van der Waals surface area (Å²) in [5.41, 5.74) is 6.39. The Morgan fingerprint density at radius 3 is 2.53 bits per heavy atom. The molecule has 4 rings (SSSR count). The maximum atomic E-state index is 12.4. The molecular weight excluding hydrogens is 450 g/mol. The van der Waals surface area contributed by atoms with E-state index in [0.717, 1.165) is 22.3 Å². The molecule has 0 spiro atoms. The van der Waals surface area contributed by atoms with Crippen LogP contribution in [-0.2, 0) is 4.74 Å². The van der Waals surface area contributed by atoms with E-state index in [9.17, 15) is 10.1 Å². The van der Waals surface area contributed by atoms with Gasteiger partial charge in [-0.3, -0.25) is 4.98 Å². The molecule has 0 aliphatic carbocycles. The van der Waals surface area contributed by atoms with Crippen molar-refractivity contribution in [1.82, 2.24) is 9.88 Å². The van der Waals surface area contributed by atoms with Gasteiger partial charge in [0.05, 0.1) is 16.8 Å². The van der Waals surface area contributed by atoms with Crippen molar-refractivity contribution >= 4 is 28.4 Å². The summed E-state index contributed by atoms with van der Waals surface area (Å²) in [6, 6.07) is 14.8. The highest BCUT2D eigenvalue weighted by molar-refractivity contribution is 5.96. The number of nitriles is 1. The van der Waals surface area contributed by atoms with Crippen molar-refractivity contribution < 1.29 is 9.53 Å². The smallest absolute Gasteiger partial charge is 0.410 e. The number of aryl methyl sites for hydroxylation is 1. The number of ether oxygens (including phenoxy) is 1. The van der Waals surface area contributed by atoms with E-state index in [4.69, 9.17) is 4.74 Å². The Morgan fingerprint density at radius 2 is 1.86 bits per heavy atom. The molecule has 0 saturated carbocycles. The highest BCUT2D eigenvalue weighted by Gasteiger charge is 2.26. The van der Waals surface area contributed by atoms with Crippen molar-refractivity contribution in [3.05, 3.63) is 64.8 Å². The normalized spacial score (nSPS) is 14.9. The minimum absolute atomic E-state index is 0.0172. The van der Waals surface area contributed by atoms with Crippen molar-refractivity contribution in [2.45, 2.75) is 53.2 Å². The fraction of sp³-hybridized carbons (Fsp3) is 0.414. The third-order valence-corrected chi connectivity index (χ3v) is 6.74. The van der Waals surface area contributed by atoms with Crippen LogP contribution in [0.2, 0.25) is 0 Å². The summed E-state index contributed by atoms with van der Waals surface area (Å²) in [6.07, 6.45) is 1.37. The van der Waals surface area contributed by atoms with Crippen molar-refractivity contribution in [3.8, 4) is 6.07 Å². The summed E-state index contributed by atoms with van der Waals surface area (Å²) in [5, 5.41) is 14.4. The number of amides is 1. The Kier molecular flexibility index (Phi) is 7.07. The van der Waals surface area contributed by atoms with Gasteiger partial charge in [-0.25, -0.2) is 4.79 Å². The van der Waals surface area contributed by atoms with Crippen LogP contribution in [0.5, 0.6) is 0 Å². The second kappa shape index (κ2) is 10.1. The SMILES string of the molecule is Cc1cccc([C@@H](C)Nc2c(C#N)cnc3ccc(N4CCN(C(=O)OC(C)(C)C)CC4)cc23)c1C. The Labute approximate surface area is 213 Å². The van der Waals surface area contributed by atoms with E-state index in [1.165, 1.54) is 16.7 Å². The predicted octanol–water partition coefficient (Wildman–Crippen LogP) is 5.95. The van der Waals surface area contributed by atoms with Gasteiger partial charge < -0.3 is 19.9 Å². The Bertz CT molecular complexity index is 1310. The van der Waals surface area contributed by atoms with E-state index < -0.39 is 5.60 Å². The predicted molar refractivity (Wildman–Crippen MR) is 144 cm³/mol. The van der Waals surface area contributed by atoms with E-state index >= 15 is 0 Å². The number of piperazine rings is 1. The summed E-state index contributed by atoms with van der Waals surface area (Å²) >= 11 is 0. The molecule has 1 saturated heterocycles. The zero-order valence-corrected chi connectivity index (χ0v) is 22.1. The number of aromatic nitrogens is 1. The maximum Gasteiger partial charge on any atom is 0.410 e. The molecule has 0 radical (unpaired) electrons. The van der Waals surface area contributed by atoms with Gasteiger partial charge in [0.15, 0.2) is 0 Å². The largest absolute Gasteiger partial charge is 0.444 e. The second-order valence-electron chi connectivity index (χ2n) is 10.5. The van der Waals surface area contributed by atoms with Crippen LogP contribution in [0.1, 0.15) is 56.0 Å². The molecule has 1 amide bonds. The monoisotopic (exact) mass is 485 g/mol. The summed E-state index contributed by atoms with van der Waals surface area (Å²) in [4.78, 5) is 21.0. The average Bonchev–Trinajstić information content (AvgIpc) is 2.84. The summed E-state index contributed by atoms with van der Waals surface area (Å²) in [6.45, 7) is 14.6. The van der Waals surface area contributed by atoms with E-state index in [1.807, 2.05) is 26.8 Å². The number of fused-ring (bicyclic) bond motifs is 1. The Morgan fingerprint density at radius 1 is 1.14 bits per heavy atom. The average molecular weight is 486 g/mol. The maximum absolute atomic E-state index is 12.4. The molecule has 1 atom stereocenters. The third-order valence-electron chi connectivity index (χ3n) is 6.74. The number of rotatable bonds is 4. The van der Waals surface area contributed by atoms with Gasteiger partial charge in [0.2, 0.25) is 0 Å². The van der Waals surface area contributed by atoms with E-state index in [2.05, 4.69) is 72.4 Å². The first-order valence-electron chi connectivity index (χ1n) is 12.5. The minimum Gasteiger partial charge on any atom is -0.444 e. The third kappa shape index (κ3) is 5.38. The van der Waals surface area contributed by atoms with Crippen LogP contribution in [0, 0.1) is 25.2 Å². The van der Waals surface area contributed by atoms with Crippen molar-refractivity contribution in [1.29, 1.82) is 5.26 Å². The lowest BCUT2D eigenvalue weighted by atomic mass is 9.97. The molecule has 2 heterocycles. The van der Waals surface area contributed by atoms with E-state index in [1.54, 1.807) is 11.1 Å². The van der Waals surface area contributed by atoms with Gasteiger partial charge in [0.1, 0.15) is 11.7 Å². The van der Waals surface area contributed by atoms with Crippen LogP contribution in [0.3, 0.4) is 0 Å². The lowest BCUT2D eigenvalue weighted by Gasteiger charge is -2.36. The molecule has 0 unspecified atom stereocenters. The molecule has 1 aliphatic rings. The first kappa shape index (κ1) is 25.3. The molecule has 36 heavy (non-hydrogen) atoms. The second-order valence-corrected chi connectivity index (χ2v) is 10.5. The van der Waals surface area contributed by atoms with E-state index in [0.29, 0.717) is 31.7 Å². The lowest BCUT2D eigenvalue weighted by molar-refractivity contribution is 0.0240. The van der Waals surface area contributed by atoms with Gasteiger partial charge in [-0.2, -0.15) is 5.26 Å². The molecule has 0 bridgehead atoms. The molecule has 3 aromatic rings. The minimum atomic E-state index is -0.504. The van der Waals surface area contributed by atoms with E-state index in [-0.39, 0.29) is 12.1 Å². The number of nitrogens with one attached hydrogen (secondary N) is 1. The molecule has 1 fully saturated rings. The molecule has 1 aliphatic heterocycles. The fourth-order valence-corrected chi connectivity index (χ4v) is 4.63. The number of carbonyl (C=O) groups is 1. The van der Waals surface area contributed by atoms with Crippen LogP contribution < -0.4 is 10.2 Å². The van der Waals surface area contributed by atoms with Crippen LogP contribution in [0.25, 0.3) is 10.9 Å². The molecule has 2 aromatic carbocycles. The van der Waals surface area contributed by atoms with Crippen molar-refractivity contribution in [2.75, 3.05) is 36.4 Å². The molecular formula is C29H35N5O2. The fourth-order valence-electron chi connectivity index (χ4n) is 4.63. The van der Waals surface area contributed by atoms with Crippen LogP contribution in [-0.4, -0.2) is 47.8 Å². The Balaban J connectivity index is 1.60. The summed E-state index contributed by atoms with van der Waals surface area (Å²) in [5.74, 6) is 0. The van der Waals surface area contributed by atoms with Gasteiger partial charge in [0, 0.05) is 49.5 Å². The van der Waals surface area contributed by atoms with Gasteiger partial charge >= 0.3 is 6.09 Å². The zero-order valence-electron chi connectivity index (χ0n) is 22.1. The first-order chi connectivity index (χ1) is 17.1. The zero-order chi connectivity index (χ0) is 26.0. The van der Waals surface area contributed by atoms with Crippen LogP contribution >= 0.6 is 0 Å². The lowest BCUT2D eigenvalue weighted by Crippen LogP contribution is -2.50. The Hall–Kier alpha value is -3.79. The standard InChI is InChI=1S/C29H35N5O2/c1-19-8-7-9-24(20(19)2)21(3)32-27-22(17-30)18-31-26-11-10-23(16-25(26)27)33-12-14-34(15-13-33)28(35)36-29(4,5)6/h7-11,16,18,21H,12-15H2,1-6H3,(H,31,32)/t21-/m1/s1. The van der Waals surface area contributed by atoms with Crippen LogP contribution in [0.15, 0.2) is 42.6 Å². The highest BCUT2D eigenvalue weighted by Crippen LogP contribution is 2.33. The number of benzene rings is 2. The van der Waals surface area contributed by atoms with Gasteiger partial charge in [-0.05, 0) is 76.4 Å². The number of nitrogens with zero attached hydrogens (tertiary/aromatic N) is 4. The number of carbonyl (C=O) groups excluding carboxylic acids is 1. The molecule has 188 valence electrons. The molecule has 7 nitrogen and oxygen atoms in total. The molecule has 7 heteroatoms. The number of pyridine rings is 1. The summed E-state index contributed by atoms with van der Waals surface area (Å²) in [7, 11) is 0. The quantitative estimate of drug-likeness (QED) is 0.492. The van der Waals surface area contributed by atoms with Crippen molar-refractivity contribution in [2.24, 2.45) is 0 Å². The molecule has 1 aromatic heterocycles.